The topological polar surface area (TPSA) is 102 Å². The standard InChI is InChI=1S/C29H32N3O3.Ni/c1-22(29(34)35)20-31-28(24-14-6-3-7-15-24)25-16-8-9-17-26(25)32-27(33)18-10-11-19-30-21-23-12-4-2-5-13-23;/h2-9,12-17,22H,10-11,18-21H2,1H3,(H,32,33)(H,34,35);/q-1;+3/p-2. The van der Waals surface area contributed by atoms with Gasteiger partial charge in [0.15, 0.2) is 0 Å². The number of carboxylic acid groups (broad SMARTS) is 1. The van der Waals surface area contributed by atoms with Crippen molar-refractivity contribution in [1.82, 2.24) is 0 Å². The van der Waals surface area contributed by atoms with Crippen LogP contribution in [0, 0.1) is 5.92 Å². The molecule has 0 aliphatic carbocycles. The Morgan fingerprint density at radius 3 is 2.22 bits per heavy atom. The Labute approximate surface area is 223 Å². The smallest absolute Gasteiger partial charge is 0.862 e. The van der Waals surface area contributed by atoms with Gasteiger partial charge in [-0.1, -0.05) is 104 Å². The van der Waals surface area contributed by atoms with Gasteiger partial charge in [0.2, 0.25) is 0 Å². The minimum atomic E-state index is -1.15. The molecule has 6 nitrogen and oxygen atoms in total. The second kappa shape index (κ2) is 15.7. The molecule has 0 amide bonds. The Balaban J connectivity index is 0.00000456. The van der Waals surface area contributed by atoms with Crippen molar-refractivity contribution in [3.63, 3.8) is 0 Å². The summed E-state index contributed by atoms with van der Waals surface area (Å²) in [4.78, 5) is 20.1. The molecule has 3 rings (SSSR count). The van der Waals surface area contributed by atoms with Gasteiger partial charge in [0.25, 0.3) is 0 Å². The molecule has 1 atom stereocenters. The molecular formula is C29H30N3NiO3. The van der Waals surface area contributed by atoms with Crippen LogP contribution in [-0.4, -0.2) is 30.7 Å². The van der Waals surface area contributed by atoms with Crippen molar-refractivity contribution in [3.05, 3.63) is 107 Å². The van der Waals surface area contributed by atoms with Gasteiger partial charge in [0.1, 0.15) is 0 Å². The normalized spacial score (nSPS) is 12.6. The van der Waals surface area contributed by atoms with Gasteiger partial charge in [-0.25, -0.2) is 0 Å². The number of unbranched alkanes of at least 4 members (excludes halogenated alkanes) is 1. The van der Waals surface area contributed by atoms with Gasteiger partial charge in [0, 0.05) is 29.6 Å². The van der Waals surface area contributed by atoms with E-state index in [4.69, 9.17) is 0 Å². The average Bonchev–Trinajstić information content (AvgIpc) is 2.88. The fraction of sp³-hybridized carbons (Fsp3) is 0.276. The summed E-state index contributed by atoms with van der Waals surface area (Å²) in [6.07, 6.45) is 1.88. The molecule has 0 saturated carbocycles. The molecule has 0 heterocycles. The maximum absolute atomic E-state index is 12.6. The maximum Gasteiger partial charge on any atom is 3.00 e. The van der Waals surface area contributed by atoms with Gasteiger partial charge < -0.3 is 20.3 Å². The van der Waals surface area contributed by atoms with Crippen LogP contribution in [0.25, 0.3) is 5.32 Å². The molecule has 3 aromatic carbocycles. The SMILES string of the molecule is CC(CN=C(c1ccccc1)c1ccccc1N=C([O-])CCCC[N-]Cc1ccccc1)C(=O)[O-].[Ni+3]. The largest absolute Gasteiger partial charge is 3.00 e. The predicted molar refractivity (Wildman–Crippen MR) is 137 cm³/mol. The Hall–Kier alpha value is -3.28. The van der Waals surface area contributed by atoms with Crippen LogP contribution in [-0.2, 0) is 27.8 Å². The first-order valence-electron chi connectivity index (χ1n) is 11.9. The van der Waals surface area contributed by atoms with Gasteiger partial charge in [0.05, 0.1) is 11.4 Å². The van der Waals surface area contributed by atoms with E-state index in [1.165, 1.54) is 5.56 Å². The van der Waals surface area contributed by atoms with Gasteiger partial charge >= 0.3 is 16.5 Å². The molecule has 189 valence electrons. The van der Waals surface area contributed by atoms with E-state index in [1.54, 1.807) is 13.0 Å². The molecule has 0 N–H and O–H groups in total. The number of nitrogens with zero attached hydrogens (tertiary/aromatic N) is 3. The maximum atomic E-state index is 12.6. The number of para-hydroxylation sites is 1. The number of hydrogen-bond donors (Lipinski definition) is 0. The Bertz CT molecular complexity index is 1130. The molecule has 0 saturated heterocycles. The quantitative estimate of drug-likeness (QED) is 0.145. The van der Waals surface area contributed by atoms with Gasteiger partial charge in [-0.3, -0.25) is 9.98 Å². The molecule has 1 unspecified atom stereocenters. The molecule has 0 aromatic heterocycles. The van der Waals surface area contributed by atoms with Crippen molar-refractivity contribution in [1.29, 1.82) is 0 Å². The fourth-order valence-corrected chi connectivity index (χ4v) is 3.48. The van der Waals surface area contributed by atoms with E-state index in [9.17, 15) is 15.0 Å². The number of rotatable bonds is 13. The van der Waals surface area contributed by atoms with E-state index in [0.29, 0.717) is 42.9 Å². The van der Waals surface area contributed by atoms with Crippen LogP contribution in [0.15, 0.2) is 94.9 Å². The van der Waals surface area contributed by atoms with Crippen LogP contribution in [0.3, 0.4) is 0 Å². The van der Waals surface area contributed by atoms with Crippen molar-refractivity contribution in [2.24, 2.45) is 15.9 Å². The molecule has 7 heteroatoms. The first-order chi connectivity index (χ1) is 17.0. The molecular weight excluding hydrogens is 497 g/mol. The minimum Gasteiger partial charge on any atom is -0.862 e. The molecule has 0 fully saturated rings. The predicted octanol–water partition coefficient (Wildman–Crippen LogP) is 4.04. The van der Waals surface area contributed by atoms with Crippen molar-refractivity contribution in [2.45, 2.75) is 32.7 Å². The molecule has 0 spiro atoms. The van der Waals surface area contributed by atoms with Gasteiger partial charge in [-0.2, -0.15) is 0 Å². The number of carboxylic acids is 1. The number of hydrogen-bond acceptors (Lipinski definition) is 5. The van der Waals surface area contributed by atoms with Crippen LogP contribution in [0.2, 0.25) is 0 Å². The minimum absolute atomic E-state index is 0. The number of aliphatic imine (C=N–C) groups is 2. The molecule has 1 radical (unpaired) electrons. The van der Waals surface area contributed by atoms with Crippen LogP contribution in [0.4, 0.5) is 5.69 Å². The molecule has 0 aliphatic rings. The third-order valence-electron chi connectivity index (χ3n) is 5.47. The molecule has 0 aliphatic heterocycles. The number of aliphatic carboxylic acids is 1. The van der Waals surface area contributed by atoms with Crippen molar-refractivity contribution in [3.8, 4) is 0 Å². The monoisotopic (exact) mass is 526 g/mol. The van der Waals surface area contributed by atoms with Crippen molar-refractivity contribution in [2.75, 3.05) is 13.1 Å². The number of carbonyl (C=O) groups is 1. The van der Waals surface area contributed by atoms with Crippen LogP contribution in [0.5, 0.6) is 0 Å². The van der Waals surface area contributed by atoms with E-state index in [-0.39, 0.29) is 28.9 Å². The van der Waals surface area contributed by atoms with E-state index in [1.807, 2.05) is 66.7 Å². The summed E-state index contributed by atoms with van der Waals surface area (Å²) < 4.78 is 0. The number of benzene rings is 3. The first-order valence-corrected chi connectivity index (χ1v) is 11.9. The zero-order valence-electron chi connectivity index (χ0n) is 20.3. The second-order valence-electron chi connectivity index (χ2n) is 8.35. The van der Waals surface area contributed by atoms with Gasteiger partial charge in [-0.15, -0.1) is 13.1 Å². The second-order valence-corrected chi connectivity index (χ2v) is 8.35. The Kier molecular flexibility index (Phi) is 12.6. The van der Waals surface area contributed by atoms with E-state index >= 15 is 0 Å². The van der Waals surface area contributed by atoms with Crippen LogP contribution < -0.4 is 10.2 Å². The average molecular weight is 527 g/mol. The van der Waals surface area contributed by atoms with Crippen molar-refractivity contribution < 1.29 is 31.5 Å². The fourth-order valence-electron chi connectivity index (χ4n) is 3.48. The molecule has 3 aromatic rings. The van der Waals surface area contributed by atoms with Crippen LogP contribution in [0.1, 0.15) is 42.9 Å². The zero-order valence-corrected chi connectivity index (χ0v) is 21.3. The molecule has 36 heavy (non-hydrogen) atoms. The molecule has 0 bridgehead atoms. The Morgan fingerprint density at radius 1 is 0.889 bits per heavy atom. The summed E-state index contributed by atoms with van der Waals surface area (Å²) in [5.74, 6) is -2.08. The van der Waals surface area contributed by atoms with E-state index in [2.05, 4.69) is 27.4 Å². The summed E-state index contributed by atoms with van der Waals surface area (Å²) in [5, 5.41) is 28.3. The third-order valence-corrected chi connectivity index (χ3v) is 5.47. The van der Waals surface area contributed by atoms with Crippen molar-refractivity contribution >= 4 is 23.3 Å². The zero-order chi connectivity index (χ0) is 24.9. The summed E-state index contributed by atoms with van der Waals surface area (Å²) in [6.45, 7) is 3.03. The third kappa shape index (κ3) is 9.40. The first kappa shape index (κ1) is 29.0. The van der Waals surface area contributed by atoms with E-state index in [0.717, 1.165) is 12.0 Å². The summed E-state index contributed by atoms with van der Waals surface area (Å²) in [5.41, 5.74) is 3.82. The summed E-state index contributed by atoms with van der Waals surface area (Å²) in [6, 6.07) is 26.9. The van der Waals surface area contributed by atoms with E-state index < -0.39 is 11.9 Å². The number of carbonyl (C=O) groups excluding carboxylic acids is 1. The van der Waals surface area contributed by atoms with Gasteiger partial charge in [-0.05, 0) is 18.4 Å². The van der Waals surface area contributed by atoms with Crippen LogP contribution >= 0.6 is 0 Å². The Morgan fingerprint density at radius 2 is 1.53 bits per heavy atom. The summed E-state index contributed by atoms with van der Waals surface area (Å²) >= 11 is 0. The summed E-state index contributed by atoms with van der Waals surface area (Å²) in [7, 11) is 0.